The molecule has 0 bridgehead atoms. The van der Waals surface area contributed by atoms with Gasteiger partial charge >= 0.3 is 5.97 Å². The summed E-state index contributed by atoms with van der Waals surface area (Å²) in [6.07, 6.45) is 2.37. The van der Waals surface area contributed by atoms with E-state index in [1.54, 1.807) is 18.2 Å². The number of carbonyl (C=O) groups is 1. The second-order valence-electron chi connectivity index (χ2n) is 5.58. The molecule has 1 heterocycles. The van der Waals surface area contributed by atoms with Gasteiger partial charge in [-0.15, -0.1) is 0 Å². The first kappa shape index (κ1) is 15.9. The monoisotopic (exact) mass is 322 g/mol. The van der Waals surface area contributed by atoms with E-state index in [9.17, 15) is 9.59 Å². The van der Waals surface area contributed by atoms with Crippen molar-refractivity contribution < 1.29 is 9.53 Å². The Hall–Kier alpha value is -2.95. The van der Waals surface area contributed by atoms with Gasteiger partial charge in [0.25, 0.3) is 5.56 Å². The highest BCUT2D eigenvalue weighted by molar-refractivity contribution is 5.93. The molecule has 0 spiro atoms. The minimum atomic E-state index is -0.440. The van der Waals surface area contributed by atoms with Crippen molar-refractivity contribution in [1.29, 1.82) is 0 Å². The van der Waals surface area contributed by atoms with E-state index < -0.39 is 5.97 Å². The van der Waals surface area contributed by atoms with Gasteiger partial charge in [0.2, 0.25) is 0 Å². The van der Waals surface area contributed by atoms with Gasteiger partial charge in [-0.3, -0.25) is 4.79 Å². The average molecular weight is 322 g/mol. The van der Waals surface area contributed by atoms with Crippen molar-refractivity contribution in [3.63, 3.8) is 0 Å². The van der Waals surface area contributed by atoms with Crippen LogP contribution in [0.4, 0.5) is 0 Å². The number of hydrogen-bond acceptors (Lipinski definition) is 4. The molecule has 5 heteroatoms. The lowest BCUT2D eigenvalue weighted by molar-refractivity contribution is 0.0601. The quantitative estimate of drug-likeness (QED) is 0.733. The first-order valence-corrected chi connectivity index (χ1v) is 7.82. The van der Waals surface area contributed by atoms with Crippen molar-refractivity contribution in [3.8, 4) is 0 Å². The lowest BCUT2D eigenvalue weighted by atomic mass is 10.1. The number of aryl methyl sites for hydroxylation is 2. The van der Waals surface area contributed by atoms with Crippen LogP contribution in [0.1, 0.15) is 28.0 Å². The minimum Gasteiger partial charge on any atom is -0.465 e. The average Bonchev–Trinajstić information content (AvgIpc) is 2.62. The molecule has 0 atom stereocenters. The number of aromatic amines is 1. The Balaban J connectivity index is 1.78. The minimum absolute atomic E-state index is 0.211. The highest BCUT2D eigenvalue weighted by atomic mass is 16.5. The van der Waals surface area contributed by atoms with Crippen LogP contribution in [0.5, 0.6) is 0 Å². The number of hydrogen-bond donors (Lipinski definition) is 1. The molecule has 0 aliphatic heterocycles. The van der Waals surface area contributed by atoms with Crippen molar-refractivity contribution in [2.45, 2.75) is 19.3 Å². The fraction of sp³-hybridized carbons (Fsp3) is 0.211. The first-order valence-electron chi connectivity index (χ1n) is 7.82. The molecular formula is C19H18N2O3. The SMILES string of the molecule is COC(=O)c1ccc2nc(CCCc3ccccc3)c(=O)[nH]c2c1. The van der Waals surface area contributed by atoms with Gasteiger partial charge in [0.15, 0.2) is 0 Å². The largest absolute Gasteiger partial charge is 0.465 e. The van der Waals surface area contributed by atoms with Crippen LogP contribution in [-0.4, -0.2) is 23.0 Å². The summed E-state index contributed by atoms with van der Waals surface area (Å²) in [4.78, 5) is 31.0. The fourth-order valence-electron chi connectivity index (χ4n) is 2.64. The van der Waals surface area contributed by atoms with E-state index in [0.29, 0.717) is 28.7 Å². The molecule has 2 aromatic carbocycles. The second kappa shape index (κ2) is 7.08. The molecule has 0 saturated carbocycles. The zero-order chi connectivity index (χ0) is 16.9. The summed E-state index contributed by atoms with van der Waals surface area (Å²) < 4.78 is 4.68. The second-order valence-corrected chi connectivity index (χ2v) is 5.58. The molecule has 0 amide bonds. The summed E-state index contributed by atoms with van der Waals surface area (Å²) in [6, 6.07) is 15.1. The molecular weight excluding hydrogens is 304 g/mol. The Bertz CT molecular complexity index is 917. The third-order valence-corrected chi connectivity index (χ3v) is 3.91. The maximum atomic E-state index is 12.2. The zero-order valence-corrected chi connectivity index (χ0v) is 13.4. The topological polar surface area (TPSA) is 72.0 Å². The number of carbonyl (C=O) groups excluding carboxylic acids is 1. The highest BCUT2D eigenvalue weighted by Crippen LogP contribution is 2.13. The molecule has 24 heavy (non-hydrogen) atoms. The summed E-state index contributed by atoms with van der Waals surface area (Å²) in [6.45, 7) is 0. The van der Waals surface area contributed by atoms with Gasteiger partial charge in [0, 0.05) is 0 Å². The highest BCUT2D eigenvalue weighted by Gasteiger charge is 2.09. The molecule has 0 aliphatic rings. The van der Waals surface area contributed by atoms with Crippen LogP contribution in [0.15, 0.2) is 53.3 Å². The fourth-order valence-corrected chi connectivity index (χ4v) is 2.64. The van der Waals surface area contributed by atoms with E-state index in [0.717, 1.165) is 12.8 Å². The van der Waals surface area contributed by atoms with Crippen molar-refractivity contribution in [2.24, 2.45) is 0 Å². The number of methoxy groups -OCH3 is 1. The number of esters is 1. The predicted molar refractivity (Wildman–Crippen MR) is 92.2 cm³/mol. The van der Waals surface area contributed by atoms with Crippen LogP contribution in [-0.2, 0) is 17.6 Å². The number of nitrogens with one attached hydrogen (secondary N) is 1. The predicted octanol–water partition coefficient (Wildman–Crippen LogP) is 2.89. The number of benzene rings is 2. The molecule has 0 unspecified atom stereocenters. The lowest BCUT2D eigenvalue weighted by Gasteiger charge is -2.05. The van der Waals surface area contributed by atoms with Gasteiger partial charge in [-0.05, 0) is 43.0 Å². The molecule has 0 radical (unpaired) electrons. The van der Waals surface area contributed by atoms with Crippen LogP contribution in [0.3, 0.4) is 0 Å². The van der Waals surface area contributed by atoms with Gasteiger partial charge in [0.1, 0.15) is 5.69 Å². The van der Waals surface area contributed by atoms with Gasteiger partial charge < -0.3 is 9.72 Å². The summed E-state index contributed by atoms with van der Waals surface area (Å²) in [7, 11) is 1.32. The molecule has 3 aromatic rings. The lowest BCUT2D eigenvalue weighted by Crippen LogP contribution is -2.16. The van der Waals surface area contributed by atoms with E-state index >= 15 is 0 Å². The summed E-state index contributed by atoms with van der Waals surface area (Å²) in [5.41, 5.74) is 3.14. The molecule has 0 fully saturated rings. The van der Waals surface area contributed by atoms with Gasteiger partial charge in [-0.25, -0.2) is 9.78 Å². The number of rotatable bonds is 5. The van der Waals surface area contributed by atoms with E-state index in [2.05, 4.69) is 26.8 Å². The zero-order valence-electron chi connectivity index (χ0n) is 13.4. The molecule has 0 aliphatic carbocycles. The van der Waals surface area contributed by atoms with Crippen molar-refractivity contribution >= 4 is 17.0 Å². The van der Waals surface area contributed by atoms with Crippen LogP contribution >= 0.6 is 0 Å². The first-order chi connectivity index (χ1) is 11.7. The number of aromatic nitrogens is 2. The normalized spacial score (nSPS) is 10.7. The molecule has 5 nitrogen and oxygen atoms in total. The Morgan fingerprint density at radius 3 is 2.67 bits per heavy atom. The van der Waals surface area contributed by atoms with Crippen LogP contribution < -0.4 is 5.56 Å². The Labute approximate surface area is 139 Å². The van der Waals surface area contributed by atoms with Crippen molar-refractivity contribution in [2.75, 3.05) is 7.11 Å². The molecule has 3 rings (SSSR count). The Morgan fingerprint density at radius 2 is 1.92 bits per heavy atom. The van der Waals surface area contributed by atoms with Crippen LogP contribution in [0.2, 0.25) is 0 Å². The number of H-pyrrole nitrogens is 1. The van der Waals surface area contributed by atoms with E-state index in [-0.39, 0.29) is 5.56 Å². The van der Waals surface area contributed by atoms with E-state index in [4.69, 9.17) is 0 Å². The number of nitrogens with zero attached hydrogens (tertiary/aromatic N) is 1. The maximum Gasteiger partial charge on any atom is 0.337 e. The Morgan fingerprint density at radius 1 is 1.12 bits per heavy atom. The van der Waals surface area contributed by atoms with E-state index in [1.165, 1.54) is 12.7 Å². The van der Waals surface area contributed by atoms with Crippen molar-refractivity contribution in [3.05, 3.63) is 75.7 Å². The smallest absolute Gasteiger partial charge is 0.337 e. The van der Waals surface area contributed by atoms with E-state index in [1.807, 2.05) is 18.2 Å². The van der Waals surface area contributed by atoms with Gasteiger partial charge in [-0.2, -0.15) is 0 Å². The van der Waals surface area contributed by atoms with Crippen LogP contribution in [0, 0.1) is 0 Å². The molecule has 1 aromatic heterocycles. The summed E-state index contributed by atoms with van der Waals surface area (Å²) in [5.74, 6) is -0.440. The third kappa shape index (κ3) is 3.51. The third-order valence-electron chi connectivity index (χ3n) is 3.91. The van der Waals surface area contributed by atoms with Gasteiger partial charge in [0.05, 0.1) is 23.7 Å². The van der Waals surface area contributed by atoms with Gasteiger partial charge in [-0.1, -0.05) is 30.3 Å². The number of fused-ring (bicyclic) bond motifs is 1. The van der Waals surface area contributed by atoms with Crippen molar-refractivity contribution in [1.82, 2.24) is 9.97 Å². The summed E-state index contributed by atoms with van der Waals surface area (Å²) in [5, 5.41) is 0. The summed E-state index contributed by atoms with van der Waals surface area (Å²) >= 11 is 0. The molecule has 0 saturated heterocycles. The molecule has 1 N–H and O–H groups in total. The maximum absolute atomic E-state index is 12.2. The Kier molecular flexibility index (Phi) is 4.70. The molecule has 122 valence electrons. The standard InChI is InChI=1S/C19H18N2O3/c1-24-19(23)14-10-11-15-17(12-14)21-18(22)16(20-15)9-5-8-13-6-3-2-4-7-13/h2-4,6-7,10-12H,5,8-9H2,1H3,(H,21,22). The van der Waals surface area contributed by atoms with Crippen LogP contribution in [0.25, 0.3) is 11.0 Å². The number of ether oxygens (including phenoxy) is 1.